The van der Waals surface area contributed by atoms with E-state index in [1.807, 2.05) is 0 Å². The number of carbonyl (C=O) groups is 1. The van der Waals surface area contributed by atoms with Crippen LogP contribution in [-0.4, -0.2) is 98.0 Å². The summed E-state index contributed by atoms with van der Waals surface area (Å²) in [6, 6.07) is -0.118. The van der Waals surface area contributed by atoms with E-state index >= 15 is 0 Å². The number of ether oxygens (including phenoxy) is 1. The van der Waals surface area contributed by atoms with Gasteiger partial charge in [-0.25, -0.2) is 0 Å². The lowest BCUT2D eigenvalue weighted by molar-refractivity contribution is -0.133. The molecule has 0 aromatic heterocycles. The summed E-state index contributed by atoms with van der Waals surface area (Å²) in [4.78, 5) is 14.1. The number of morpholine rings is 1. The number of amides is 1. The lowest BCUT2D eigenvalue weighted by Crippen LogP contribution is -2.57. The molecule has 0 aromatic carbocycles. The van der Waals surface area contributed by atoms with Crippen molar-refractivity contribution in [3.63, 3.8) is 0 Å². The van der Waals surface area contributed by atoms with Gasteiger partial charge in [0.05, 0.1) is 19.3 Å². The molecule has 0 saturated carbocycles. The SMILES string of the molecule is Cl.O=C(C1CSCN1)N1CCN(S(=O)(=O)N2CCOCC2)CC1. The van der Waals surface area contributed by atoms with Crippen LogP contribution in [-0.2, 0) is 19.7 Å². The minimum atomic E-state index is -3.42. The Morgan fingerprint density at radius 2 is 1.65 bits per heavy atom. The Morgan fingerprint density at radius 3 is 2.22 bits per heavy atom. The van der Waals surface area contributed by atoms with Crippen molar-refractivity contribution in [3.8, 4) is 0 Å². The highest BCUT2D eigenvalue weighted by Gasteiger charge is 2.35. The molecule has 3 fully saturated rings. The summed E-state index contributed by atoms with van der Waals surface area (Å²) >= 11 is 1.71. The molecule has 0 radical (unpaired) electrons. The number of piperazine rings is 1. The minimum Gasteiger partial charge on any atom is -0.379 e. The zero-order valence-corrected chi connectivity index (χ0v) is 15.3. The van der Waals surface area contributed by atoms with Gasteiger partial charge in [-0.3, -0.25) is 10.1 Å². The second kappa shape index (κ2) is 8.32. The lowest BCUT2D eigenvalue weighted by Gasteiger charge is -2.38. The molecular weight excluding hydrogens is 364 g/mol. The third-order valence-corrected chi connectivity index (χ3v) is 7.16. The highest BCUT2D eigenvalue weighted by atomic mass is 35.5. The number of carbonyl (C=O) groups excluding carboxylic acids is 1. The van der Waals surface area contributed by atoms with Crippen molar-refractivity contribution in [2.45, 2.75) is 6.04 Å². The number of thioether (sulfide) groups is 1. The Balaban J connectivity index is 0.00000192. The van der Waals surface area contributed by atoms with Gasteiger partial charge in [0.2, 0.25) is 5.91 Å². The van der Waals surface area contributed by atoms with Gasteiger partial charge in [0.1, 0.15) is 0 Å². The van der Waals surface area contributed by atoms with Crippen LogP contribution in [0, 0.1) is 0 Å². The summed E-state index contributed by atoms with van der Waals surface area (Å²) in [5, 5.41) is 3.16. The van der Waals surface area contributed by atoms with Crippen LogP contribution in [0.25, 0.3) is 0 Å². The fraction of sp³-hybridized carbons (Fsp3) is 0.917. The molecule has 3 heterocycles. The second-order valence-corrected chi connectivity index (χ2v) is 8.47. The van der Waals surface area contributed by atoms with Crippen LogP contribution >= 0.6 is 24.2 Å². The van der Waals surface area contributed by atoms with Gasteiger partial charge < -0.3 is 9.64 Å². The maximum Gasteiger partial charge on any atom is 0.282 e. The Kier molecular flexibility index (Phi) is 6.96. The molecule has 1 amide bonds. The molecule has 8 nitrogen and oxygen atoms in total. The van der Waals surface area contributed by atoms with Gasteiger partial charge in [0.15, 0.2) is 0 Å². The first kappa shape index (κ1) is 19.2. The fourth-order valence-corrected chi connectivity index (χ4v) is 5.35. The van der Waals surface area contributed by atoms with E-state index in [1.54, 1.807) is 16.7 Å². The molecule has 0 aliphatic carbocycles. The van der Waals surface area contributed by atoms with Crippen LogP contribution in [0.1, 0.15) is 0 Å². The van der Waals surface area contributed by atoms with Gasteiger partial charge in [-0.05, 0) is 0 Å². The first-order valence-electron chi connectivity index (χ1n) is 7.52. The van der Waals surface area contributed by atoms with E-state index in [1.165, 1.54) is 8.61 Å². The van der Waals surface area contributed by atoms with E-state index in [2.05, 4.69) is 5.32 Å². The molecule has 3 aliphatic heterocycles. The Bertz CT molecular complexity index is 501. The van der Waals surface area contributed by atoms with Gasteiger partial charge in [-0.1, -0.05) is 0 Å². The Morgan fingerprint density at radius 1 is 1.04 bits per heavy atom. The van der Waals surface area contributed by atoms with Gasteiger partial charge in [-0.15, -0.1) is 24.2 Å². The molecule has 0 spiro atoms. The van der Waals surface area contributed by atoms with Crippen LogP contribution in [0.2, 0.25) is 0 Å². The average Bonchev–Trinajstić information content (AvgIpc) is 3.09. The fourth-order valence-electron chi connectivity index (χ4n) is 2.85. The minimum absolute atomic E-state index is 0. The summed E-state index contributed by atoms with van der Waals surface area (Å²) < 4.78 is 33.3. The molecule has 3 saturated heterocycles. The summed E-state index contributed by atoms with van der Waals surface area (Å²) in [5.41, 5.74) is 0. The monoisotopic (exact) mass is 386 g/mol. The van der Waals surface area contributed by atoms with Crippen LogP contribution in [0.4, 0.5) is 0 Å². The lowest BCUT2D eigenvalue weighted by atomic mass is 10.2. The van der Waals surface area contributed by atoms with E-state index in [0.717, 1.165) is 11.6 Å². The molecular formula is C12H23ClN4O4S2. The van der Waals surface area contributed by atoms with Crippen molar-refractivity contribution in [1.82, 2.24) is 18.8 Å². The first-order valence-corrected chi connectivity index (χ1v) is 10.1. The van der Waals surface area contributed by atoms with Crippen molar-refractivity contribution >= 4 is 40.3 Å². The highest BCUT2D eigenvalue weighted by molar-refractivity contribution is 7.99. The zero-order chi connectivity index (χ0) is 15.6. The quantitative estimate of drug-likeness (QED) is 0.655. The van der Waals surface area contributed by atoms with Crippen LogP contribution in [0.5, 0.6) is 0 Å². The van der Waals surface area contributed by atoms with Gasteiger partial charge in [-0.2, -0.15) is 17.0 Å². The highest BCUT2D eigenvalue weighted by Crippen LogP contribution is 2.16. The van der Waals surface area contributed by atoms with Gasteiger partial charge in [0, 0.05) is 50.9 Å². The van der Waals surface area contributed by atoms with E-state index in [4.69, 9.17) is 4.74 Å². The maximum absolute atomic E-state index is 12.6. The second-order valence-electron chi connectivity index (χ2n) is 5.52. The van der Waals surface area contributed by atoms with Crippen LogP contribution in [0.3, 0.4) is 0 Å². The molecule has 11 heteroatoms. The summed E-state index contributed by atoms with van der Waals surface area (Å²) in [5.74, 6) is 1.70. The average molecular weight is 387 g/mol. The molecule has 3 aliphatic rings. The van der Waals surface area contributed by atoms with E-state index in [9.17, 15) is 13.2 Å². The Hall–Kier alpha value is -0.100. The zero-order valence-electron chi connectivity index (χ0n) is 12.8. The third kappa shape index (κ3) is 4.30. The number of nitrogens with one attached hydrogen (secondary N) is 1. The van der Waals surface area contributed by atoms with Crippen molar-refractivity contribution in [1.29, 1.82) is 0 Å². The molecule has 3 rings (SSSR count). The number of halogens is 1. The largest absolute Gasteiger partial charge is 0.379 e. The summed E-state index contributed by atoms with van der Waals surface area (Å²) in [7, 11) is -3.42. The maximum atomic E-state index is 12.6. The number of rotatable bonds is 3. The molecule has 23 heavy (non-hydrogen) atoms. The first-order chi connectivity index (χ1) is 10.6. The van der Waals surface area contributed by atoms with Crippen molar-refractivity contribution < 1.29 is 17.9 Å². The predicted octanol–water partition coefficient (Wildman–Crippen LogP) is -1.21. The van der Waals surface area contributed by atoms with Gasteiger partial charge in [0.25, 0.3) is 10.2 Å². The smallest absolute Gasteiger partial charge is 0.282 e. The molecule has 0 bridgehead atoms. The molecule has 1 unspecified atom stereocenters. The van der Waals surface area contributed by atoms with Crippen LogP contribution < -0.4 is 5.32 Å². The molecule has 134 valence electrons. The predicted molar refractivity (Wildman–Crippen MR) is 91.0 cm³/mol. The number of hydrogen-bond acceptors (Lipinski definition) is 6. The molecule has 0 aromatic rings. The van der Waals surface area contributed by atoms with Crippen molar-refractivity contribution in [2.75, 3.05) is 64.1 Å². The van der Waals surface area contributed by atoms with E-state index in [-0.39, 0.29) is 24.4 Å². The van der Waals surface area contributed by atoms with Crippen molar-refractivity contribution in [3.05, 3.63) is 0 Å². The summed E-state index contributed by atoms with van der Waals surface area (Å²) in [6.45, 7) is 3.37. The normalized spacial score (nSPS) is 27.7. The number of nitrogens with zero attached hydrogens (tertiary/aromatic N) is 3. The van der Waals surface area contributed by atoms with Gasteiger partial charge >= 0.3 is 0 Å². The molecule has 1 atom stereocenters. The third-order valence-electron chi connectivity index (χ3n) is 4.19. The number of hydrogen-bond donors (Lipinski definition) is 1. The summed E-state index contributed by atoms with van der Waals surface area (Å²) in [6.07, 6.45) is 0. The topological polar surface area (TPSA) is 82.2 Å². The van der Waals surface area contributed by atoms with E-state index < -0.39 is 10.2 Å². The van der Waals surface area contributed by atoms with Crippen molar-refractivity contribution in [2.24, 2.45) is 0 Å². The Labute approximate surface area is 147 Å². The van der Waals surface area contributed by atoms with Crippen LogP contribution in [0.15, 0.2) is 0 Å². The molecule has 1 N–H and O–H groups in total. The standard InChI is InChI=1S/C12H22N4O4S2.ClH/c17-12(11-9-21-10-13-11)14-1-3-15(4-2-14)22(18,19)16-5-7-20-8-6-16;/h11,13H,1-10H2;1H. The van der Waals surface area contributed by atoms with E-state index in [0.29, 0.717) is 52.5 Å².